The minimum Gasteiger partial charge on any atom is -0.496 e. The molecule has 0 aliphatic rings. The molecule has 102 valence electrons. The zero-order valence-corrected chi connectivity index (χ0v) is 14.7. The molecule has 0 radical (unpaired) electrons. The first-order chi connectivity index (χ1) is 9.13. The summed E-state index contributed by atoms with van der Waals surface area (Å²) in [6.45, 7) is 0. The van der Waals surface area contributed by atoms with Crippen LogP contribution >= 0.6 is 43.2 Å². The second-order valence-corrected chi connectivity index (χ2v) is 6.94. The lowest BCUT2D eigenvalue weighted by molar-refractivity contribution is 0.406. The summed E-state index contributed by atoms with van der Waals surface area (Å²) < 4.78 is 7.64. The normalized spacial score (nSPS) is 12.4. The summed E-state index contributed by atoms with van der Waals surface area (Å²) >= 11 is 8.78. The first-order valence-corrected chi connectivity index (χ1v) is 8.34. The number of nitrogens with one attached hydrogen (secondary N) is 1. The molecule has 0 saturated carbocycles. The van der Waals surface area contributed by atoms with Crippen molar-refractivity contribution in [1.82, 2.24) is 5.32 Å². The highest BCUT2D eigenvalue weighted by molar-refractivity contribution is 9.10. The average molecular weight is 405 g/mol. The fourth-order valence-corrected chi connectivity index (χ4v) is 3.95. The molecule has 0 amide bonds. The number of halogens is 2. The Morgan fingerprint density at radius 2 is 2.05 bits per heavy atom. The van der Waals surface area contributed by atoms with E-state index in [1.807, 2.05) is 19.2 Å². The summed E-state index contributed by atoms with van der Waals surface area (Å²) in [5.41, 5.74) is 1.20. The standard InChI is InChI=1S/C14H15Br2NOS/c1-17-12(14-7-11(16)8-19-14)6-9-5-10(15)3-4-13(9)18-2/h3-5,7-8,12,17H,6H2,1-2H3. The fourth-order valence-electron chi connectivity index (χ4n) is 1.98. The van der Waals surface area contributed by atoms with E-state index >= 15 is 0 Å². The Morgan fingerprint density at radius 3 is 2.63 bits per heavy atom. The Balaban J connectivity index is 2.25. The maximum Gasteiger partial charge on any atom is 0.122 e. The third-order valence-corrected chi connectivity index (χ3v) is 5.25. The molecule has 19 heavy (non-hydrogen) atoms. The fraction of sp³-hybridized carbons (Fsp3) is 0.286. The zero-order chi connectivity index (χ0) is 13.8. The van der Waals surface area contributed by atoms with Crippen molar-refractivity contribution >= 4 is 43.2 Å². The van der Waals surface area contributed by atoms with Gasteiger partial charge in [0.1, 0.15) is 5.75 Å². The first-order valence-electron chi connectivity index (χ1n) is 5.87. The van der Waals surface area contributed by atoms with Gasteiger partial charge in [-0.1, -0.05) is 15.9 Å². The van der Waals surface area contributed by atoms with Crippen LogP contribution in [0.15, 0.2) is 38.6 Å². The van der Waals surface area contributed by atoms with E-state index in [4.69, 9.17) is 4.74 Å². The van der Waals surface area contributed by atoms with Gasteiger partial charge in [0.25, 0.3) is 0 Å². The minimum atomic E-state index is 0.291. The number of methoxy groups -OCH3 is 1. The number of thiophene rings is 1. The van der Waals surface area contributed by atoms with Crippen LogP contribution in [0.5, 0.6) is 5.75 Å². The van der Waals surface area contributed by atoms with Gasteiger partial charge in [-0.05, 0) is 59.2 Å². The predicted molar refractivity (Wildman–Crippen MR) is 88.2 cm³/mol. The van der Waals surface area contributed by atoms with Crippen LogP contribution in [0, 0.1) is 0 Å². The van der Waals surface area contributed by atoms with Crippen LogP contribution in [0.3, 0.4) is 0 Å². The molecule has 1 N–H and O–H groups in total. The topological polar surface area (TPSA) is 21.3 Å². The van der Waals surface area contributed by atoms with Crippen LogP contribution in [0.2, 0.25) is 0 Å². The van der Waals surface area contributed by atoms with Gasteiger partial charge in [0.2, 0.25) is 0 Å². The molecule has 2 aromatic rings. The predicted octanol–water partition coefficient (Wildman–Crippen LogP) is 4.78. The van der Waals surface area contributed by atoms with Crippen molar-refractivity contribution in [2.45, 2.75) is 12.5 Å². The van der Waals surface area contributed by atoms with Crippen molar-refractivity contribution in [1.29, 1.82) is 0 Å². The van der Waals surface area contributed by atoms with Gasteiger partial charge in [0.15, 0.2) is 0 Å². The van der Waals surface area contributed by atoms with E-state index in [-0.39, 0.29) is 0 Å². The van der Waals surface area contributed by atoms with E-state index in [1.165, 1.54) is 10.4 Å². The van der Waals surface area contributed by atoms with Gasteiger partial charge in [-0.2, -0.15) is 0 Å². The molecular weight excluding hydrogens is 390 g/mol. The van der Waals surface area contributed by atoms with Crippen molar-refractivity contribution in [3.8, 4) is 5.75 Å². The smallest absolute Gasteiger partial charge is 0.122 e. The van der Waals surface area contributed by atoms with Crippen LogP contribution < -0.4 is 10.1 Å². The lowest BCUT2D eigenvalue weighted by Gasteiger charge is -2.17. The summed E-state index contributed by atoms with van der Waals surface area (Å²) in [6.07, 6.45) is 0.895. The Kier molecular flexibility index (Phi) is 5.45. The third kappa shape index (κ3) is 3.81. The number of rotatable bonds is 5. The highest BCUT2D eigenvalue weighted by Crippen LogP contribution is 2.31. The van der Waals surface area contributed by atoms with Crippen molar-refractivity contribution in [2.75, 3.05) is 14.2 Å². The van der Waals surface area contributed by atoms with Crippen molar-refractivity contribution in [3.63, 3.8) is 0 Å². The minimum absolute atomic E-state index is 0.291. The molecule has 2 nitrogen and oxygen atoms in total. The van der Waals surface area contributed by atoms with E-state index in [9.17, 15) is 0 Å². The van der Waals surface area contributed by atoms with E-state index < -0.39 is 0 Å². The molecule has 1 unspecified atom stereocenters. The van der Waals surface area contributed by atoms with E-state index in [2.05, 4.69) is 54.7 Å². The Hall–Kier alpha value is -0.360. The molecule has 0 saturated heterocycles. The highest BCUT2D eigenvalue weighted by atomic mass is 79.9. The lowest BCUT2D eigenvalue weighted by atomic mass is 10.0. The summed E-state index contributed by atoms with van der Waals surface area (Å²) in [5.74, 6) is 0.930. The average Bonchev–Trinajstić information content (AvgIpc) is 2.82. The van der Waals surface area contributed by atoms with E-state index in [0.29, 0.717) is 6.04 Å². The molecule has 0 spiro atoms. The quantitative estimate of drug-likeness (QED) is 0.773. The summed E-state index contributed by atoms with van der Waals surface area (Å²) in [5, 5.41) is 5.48. The number of ether oxygens (including phenoxy) is 1. The molecule has 1 aromatic carbocycles. The monoisotopic (exact) mass is 403 g/mol. The van der Waals surface area contributed by atoms with Crippen molar-refractivity contribution in [3.05, 3.63) is 49.0 Å². The van der Waals surface area contributed by atoms with E-state index in [0.717, 1.165) is 21.1 Å². The van der Waals surface area contributed by atoms with Gasteiger partial charge in [0.05, 0.1) is 7.11 Å². The van der Waals surface area contributed by atoms with Crippen LogP contribution in [0.4, 0.5) is 0 Å². The molecule has 0 aliphatic heterocycles. The molecule has 0 aliphatic carbocycles. The molecule has 2 rings (SSSR count). The number of likely N-dealkylation sites (N-methyl/N-ethyl adjacent to an activating group) is 1. The largest absolute Gasteiger partial charge is 0.496 e. The summed E-state index contributed by atoms with van der Waals surface area (Å²) in [6, 6.07) is 8.57. The van der Waals surface area contributed by atoms with Crippen molar-refractivity contribution < 1.29 is 4.74 Å². The summed E-state index contributed by atoms with van der Waals surface area (Å²) in [7, 11) is 3.70. The van der Waals surface area contributed by atoms with Gasteiger partial charge < -0.3 is 10.1 Å². The van der Waals surface area contributed by atoms with Gasteiger partial charge in [-0.15, -0.1) is 11.3 Å². The van der Waals surface area contributed by atoms with Crippen molar-refractivity contribution in [2.24, 2.45) is 0 Å². The van der Waals surface area contributed by atoms with Crippen LogP contribution in [0.25, 0.3) is 0 Å². The maximum atomic E-state index is 5.43. The Bertz CT molecular complexity index is 556. The molecule has 1 heterocycles. The maximum absolute atomic E-state index is 5.43. The number of hydrogen-bond donors (Lipinski definition) is 1. The molecule has 5 heteroatoms. The van der Waals surface area contributed by atoms with Gasteiger partial charge in [-0.3, -0.25) is 0 Å². The third-order valence-electron chi connectivity index (χ3n) is 2.95. The molecule has 0 fully saturated rings. The van der Waals surface area contributed by atoms with Crippen LogP contribution in [-0.4, -0.2) is 14.2 Å². The lowest BCUT2D eigenvalue weighted by Crippen LogP contribution is -2.18. The molecule has 1 atom stereocenters. The summed E-state index contributed by atoms with van der Waals surface area (Å²) in [4.78, 5) is 1.32. The van der Waals surface area contributed by atoms with Crippen LogP contribution in [0.1, 0.15) is 16.5 Å². The van der Waals surface area contributed by atoms with Gasteiger partial charge in [-0.25, -0.2) is 0 Å². The second-order valence-electron chi connectivity index (χ2n) is 4.17. The molecule has 1 aromatic heterocycles. The first kappa shape index (κ1) is 15.0. The number of benzene rings is 1. The van der Waals surface area contributed by atoms with Gasteiger partial charge >= 0.3 is 0 Å². The second kappa shape index (κ2) is 6.88. The Morgan fingerprint density at radius 1 is 1.26 bits per heavy atom. The zero-order valence-electron chi connectivity index (χ0n) is 10.7. The highest BCUT2D eigenvalue weighted by Gasteiger charge is 2.15. The molecular formula is C14H15Br2NOS. The SMILES string of the molecule is CNC(Cc1cc(Br)ccc1OC)c1cc(Br)cs1. The van der Waals surface area contributed by atoms with Crippen LogP contribution in [-0.2, 0) is 6.42 Å². The van der Waals surface area contributed by atoms with E-state index in [1.54, 1.807) is 18.4 Å². The van der Waals surface area contributed by atoms with Gasteiger partial charge in [0, 0.05) is 25.2 Å². The Labute approximate surface area is 134 Å². The molecule has 0 bridgehead atoms. The number of hydrogen-bond acceptors (Lipinski definition) is 3.